The molecule has 0 aliphatic rings. The molecule has 420 valence electrons. The van der Waals surface area contributed by atoms with Crippen molar-refractivity contribution in [3.63, 3.8) is 0 Å². The Balaban J connectivity index is 1.12. The fraction of sp³-hybridized carbons (Fsp3) is 0.360. The second kappa shape index (κ2) is 32.6. The predicted molar refractivity (Wildman–Crippen MR) is 303 cm³/mol. The first-order valence-corrected chi connectivity index (χ1v) is 28.1. The van der Waals surface area contributed by atoms with Crippen LogP contribution in [-0.2, 0) is 29.7 Å². The maximum atomic E-state index is 12.9. The van der Waals surface area contributed by atoms with Gasteiger partial charge in [0.25, 0.3) is 20.2 Å². The lowest BCUT2D eigenvalue weighted by Crippen LogP contribution is -2.36. The van der Waals surface area contributed by atoms with Crippen molar-refractivity contribution in [2.45, 2.75) is 16.2 Å². The van der Waals surface area contributed by atoms with Crippen molar-refractivity contribution in [1.29, 1.82) is 0 Å². The number of nitrogens with zero attached hydrogens (tertiary/aromatic N) is 6. The van der Waals surface area contributed by atoms with Gasteiger partial charge in [-0.05, 0) is 73.1 Å². The SMILES string of the molecule is CNCCNCCNCCNCCNCCNc1nc(Nc2ccccc2)nc(Nc2ccc(/C=C/c3ccc(Nc4nc(NCCCOCCOCCO)nc(Nc5ccccc5)n4)cc3S(=O)(=O)O)c(S(=O)(=O)O)c2)n1. The fourth-order valence-electron chi connectivity index (χ4n) is 7.09. The molecule has 6 aromatic rings. The summed E-state index contributed by atoms with van der Waals surface area (Å²) in [5, 5.41) is 44.1. The Kier molecular flexibility index (Phi) is 25.2. The topological polar surface area (TPSA) is 357 Å². The second-order valence-corrected chi connectivity index (χ2v) is 19.7. The first kappa shape index (κ1) is 60.2. The van der Waals surface area contributed by atoms with E-state index in [0.717, 1.165) is 58.4 Å². The van der Waals surface area contributed by atoms with Gasteiger partial charge >= 0.3 is 0 Å². The van der Waals surface area contributed by atoms with Crippen LogP contribution >= 0.6 is 0 Å². The highest BCUT2D eigenvalue weighted by Gasteiger charge is 2.19. The zero-order valence-corrected chi connectivity index (χ0v) is 44.8. The van der Waals surface area contributed by atoms with Gasteiger partial charge in [-0.3, -0.25) is 9.11 Å². The molecule has 2 heterocycles. The van der Waals surface area contributed by atoms with Crippen molar-refractivity contribution in [2.75, 3.05) is 144 Å². The van der Waals surface area contributed by atoms with Crippen LogP contribution in [0.1, 0.15) is 17.5 Å². The number of nitrogens with one attached hydrogen (secondary N) is 11. The highest BCUT2D eigenvalue weighted by Crippen LogP contribution is 2.29. The Bertz CT molecular complexity index is 3010. The molecule has 0 amide bonds. The quantitative estimate of drug-likeness (QED) is 0.0150. The number of aliphatic hydroxyl groups is 1. The van der Waals surface area contributed by atoms with Gasteiger partial charge in [-0.15, -0.1) is 0 Å². The van der Waals surface area contributed by atoms with E-state index in [0.29, 0.717) is 57.3 Å². The molecule has 0 saturated heterocycles. The maximum absolute atomic E-state index is 12.9. The van der Waals surface area contributed by atoms with Crippen molar-refractivity contribution < 1.29 is 40.5 Å². The third kappa shape index (κ3) is 22.1. The number of hydrogen-bond acceptors (Lipinski definition) is 24. The molecule has 4 aromatic carbocycles. The molecule has 0 radical (unpaired) electrons. The molecule has 0 spiro atoms. The van der Waals surface area contributed by atoms with E-state index in [9.17, 15) is 25.9 Å². The van der Waals surface area contributed by atoms with E-state index in [1.807, 2.05) is 67.7 Å². The van der Waals surface area contributed by atoms with Crippen LogP contribution in [0.2, 0.25) is 0 Å². The van der Waals surface area contributed by atoms with E-state index < -0.39 is 30.0 Å². The lowest BCUT2D eigenvalue weighted by atomic mass is 10.1. The number of aliphatic hydroxyl groups excluding tert-OH is 1. The lowest BCUT2D eigenvalue weighted by molar-refractivity contribution is 0.0331. The highest BCUT2D eigenvalue weighted by atomic mass is 32.2. The van der Waals surface area contributed by atoms with Crippen molar-refractivity contribution in [2.24, 2.45) is 0 Å². The summed E-state index contributed by atoms with van der Waals surface area (Å²) in [5.74, 6) is 0.864. The summed E-state index contributed by atoms with van der Waals surface area (Å²) in [4.78, 5) is 25.9. The van der Waals surface area contributed by atoms with Crippen molar-refractivity contribution in [3.05, 3.63) is 108 Å². The molecule has 0 saturated carbocycles. The van der Waals surface area contributed by atoms with Crippen LogP contribution < -0.4 is 58.5 Å². The average Bonchev–Trinajstić information content (AvgIpc) is 3.46. The van der Waals surface area contributed by atoms with Crippen LogP contribution in [0.15, 0.2) is 107 Å². The second-order valence-electron chi connectivity index (χ2n) is 16.9. The Morgan fingerprint density at radius 3 is 1.22 bits per heavy atom. The third-order valence-electron chi connectivity index (χ3n) is 10.8. The molecule has 26 nitrogen and oxygen atoms in total. The van der Waals surface area contributed by atoms with Crippen LogP contribution in [0.3, 0.4) is 0 Å². The third-order valence-corrected chi connectivity index (χ3v) is 12.6. The number of ether oxygens (including phenoxy) is 2. The average molecular weight is 1120 g/mol. The molecule has 0 atom stereocenters. The summed E-state index contributed by atoms with van der Waals surface area (Å²) in [6, 6.07) is 26.6. The molecule has 78 heavy (non-hydrogen) atoms. The number of rotatable bonds is 38. The van der Waals surface area contributed by atoms with E-state index in [-0.39, 0.29) is 71.4 Å². The van der Waals surface area contributed by atoms with Crippen molar-refractivity contribution in [1.82, 2.24) is 56.5 Å². The zero-order chi connectivity index (χ0) is 55.3. The van der Waals surface area contributed by atoms with Crippen LogP contribution in [0, 0.1) is 0 Å². The molecule has 6 rings (SSSR count). The van der Waals surface area contributed by atoms with Crippen LogP contribution in [0.4, 0.5) is 58.4 Å². The molecule has 0 fully saturated rings. The zero-order valence-electron chi connectivity index (χ0n) is 43.2. The Labute approximate surface area is 454 Å². The first-order valence-electron chi connectivity index (χ1n) is 25.2. The van der Waals surface area contributed by atoms with Crippen LogP contribution in [0.25, 0.3) is 12.2 Å². The Morgan fingerprint density at radius 2 is 0.808 bits per heavy atom. The summed E-state index contributed by atoms with van der Waals surface area (Å²) in [7, 11) is -7.82. The molecule has 0 bridgehead atoms. The van der Waals surface area contributed by atoms with Gasteiger partial charge in [0.15, 0.2) is 0 Å². The molecule has 28 heteroatoms. The molecule has 0 unspecified atom stereocenters. The maximum Gasteiger partial charge on any atom is 0.295 e. The lowest BCUT2D eigenvalue weighted by Gasteiger charge is -2.13. The van der Waals surface area contributed by atoms with Gasteiger partial charge in [0, 0.05) is 101 Å². The highest BCUT2D eigenvalue weighted by molar-refractivity contribution is 7.86. The Morgan fingerprint density at radius 1 is 0.436 bits per heavy atom. The standard InChI is InChI=1S/C50H69N17O9S2/c1-51-20-21-52-22-23-53-24-25-54-26-27-55-28-29-57-46-64-48(59-40-11-6-3-7-12-40)67-50(65-46)61-42-18-16-38(44(36-42)78(72,73)74)14-13-37-15-17-41(35-43(37)77(69,70)71)60-49-63-45(56-19-8-31-75-33-34-76-32-30-68)62-47(66-49)58-39-9-4-2-5-10-39/h2-7,9-18,35-36,51-55,68H,8,19-34H2,1H3,(H,69,70,71)(H,72,73,74)(H3,56,58,60,62,63,66)(H3,57,59,61,64,65,67)/b14-13+. The van der Waals surface area contributed by atoms with Gasteiger partial charge in [-0.25, -0.2) is 0 Å². The smallest absolute Gasteiger partial charge is 0.295 e. The summed E-state index contributed by atoms with van der Waals surface area (Å²) in [5.41, 5.74) is 1.74. The van der Waals surface area contributed by atoms with Gasteiger partial charge in [0.2, 0.25) is 35.7 Å². The number of para-hydroxylation sites is 2. The van der Waals surface area contributed by atoms with E-state index in [2.05, 4.69) is 88.4 Å². The largest absolute Gasteiger partial charge is 0.394 e. The summed E-state index contributed by atoms with van der Waals surface area (Å²) >= 11 is 0. The van der Waals surface area contributed by atoms with Crippen LogP contribution in [0.5, 0.6) is 0 Å². The normalized spacial score (nSPS) is 11.7. The molecule has 0 aliphatic heterocycles. The fourth-order valence-corrected chi connectivity index (χ4v) is 8.51. The van der Waals surface area contributed by atoms with E-state index in [4.69, 9.17) is 14.6 Å². The summed E-state index contributed by atoms with van der Waals surface area (Å²) < 4.78 is 83.0. The van der Waals surface area contributed by atoms with Gasteiger partial charge in [0.05, 0.1) is 26.4 Å². The number of likely N-dealkylation sites (N-methyl/N-ethyl adjacent to an activating group) is 1. The molecular weight excluding hydrogens is 1050 g/mol. The summed E-state index contributed by atoms with van der Waals surface area (Å²) in [6.45, 7) is 9.75. The van der Waals surface area contributed by atoms with Gasteiger partial charge in [0.1, 0.15) is 9.79 Å². The minimum atomic E-state index is -4.88. The minimum absolute atomic E-state index is 0.0125. The van der Waals surface area contributed by atoms with Crippen molar-refractivity contribution >= 4 is 90.8 Å². The number of aromatic nitrogens is 6. The van der Waals surface area contributed by atoms with Gasteiger partial charge in [-0.2, -0.15) is 46.7 Å². The number of hydrogen-bond donors (Lipinski definition) is 14. The Hall–Kier alpha value is -7.06. The monoisotopic (exact) mass is 1120 g/mol. The molecule has 2 aromatic heterocycles. The number of anilines is 10. The van der Waals surface area contributed by atoms with Gasteiger partial charge in [-0.1, -0.05) is 60.7 Å². The molecule has 0 aliphatic carbocycles. The molecular formula is C50H69N17O9S2. The van der Waals surface area contributed by atoms with Crippen molar-refractivity contribution in [3.8, 4) is 0 Å². The number of benzene rings is 4. The van der Waals surface area contributed by atoms with E-state index in [1.54, 1.807) is 0 Å². The van der Waals surface area contributed by atoms with Gasteiger partial charge < -0.3 is 73.1 Å². The van der Waals surface area contributed by atoms with E-state index >= 15 is 0 Å². The molecule has 14 N–H and O–H groups in total. The predicted octanol–water partition coefficient (Wildman–Crippen LogP) is 3.51. The minimum Gasteiger partial charge on any atom is -0.394 e. The van der Waals surface area contributed by atoms with E-state index in [1.165, 1.54) is 42.5 Å². The summed E-state index contributed by atoms with van der Waals surface area (Å²) in [6.07, 6.45) is 3.16. The first-order chi connectivity index (χ1) is 37.9. The van der Waals surface area contributed by atoms with Crippen LogP contribution in [-0.4, -0.2) is 173 Å².